The molecule has 132 valence electrons. The van der Waals surface area contributed by atoms with Crippen molar-refractivity contribution in [3.05, 3.63) is 47.3 Å². The van der Waals surface area contributed by atoms with Gasteiger partial charge >= 0.3 is 0 Å². The number of carbonyl (C=O) groups excluding carboxylic acids is 2. The lowest BCUT2D eigenvalue weighted by Gasteiger charge is -2.17. The van der Waals surface area contributed by atoms with Crippen molar-refractivity contribution in [1.29, 1.82) is 0 Å². The third kappa shape index (κ3) is 3.55. The molecule has 6 nitrogen and oxygen atoms in total. The summed E-state index contributed by atoms with van der Waals surface area (Å²) in [7, 11) is 0. The molecule has 1 aromatic heterocycles. The summed E-state index contributed by atoms with van der Waals surface area (Å²) in [4.78, 5) is 29.3. The van der Waals surface area contributed by atoms with E-state index in [4.69, 9.17) is 0 Å². The van der Waals surface area contributed by atoms with Crippen LogP contribution in [0.1, 0.15) is 53.5 Å². The van der Waals surface area contributed by atoms with Crippen LogP contribution in [0.4, 0.5) is 10.1 Å². The highest BCUT2D eigenvalue weighted by atomic mass is 19.1. The second-order valence-electron chi connectivity index (χ2n) is 6.40. The summed E-state index contributed by atoms with van der Waals surface area (Å²) in [5.41, 5.74) is 1.02. The molecule has 0 aliphatic carbocycles. The SMILES string of the molecule is CC(C)NC(=O)c1nc(C(=O)Nc2ccccc2F)c2n1CCCC2. The number of anilines is 1. The van der Waals surface area contributed by atoms with E-state index in [1.54, 1.807) is 16.7 Å². The average Bonchev–Trinajstić information content (AvgIpc) is 2.96. The average molecular weight is 344 g/mol. The van der Waals surface area contributed by atoms with Crippen molar-refractivity contribution in [2.75, 3.05) is 5.32 Å². The number of hydrogen-bond acceptors (Lipinski definition) is 3. The molecule has 0 atom stereocenters. The molecule has 0 radical (unpaired) electrons. The Morgan fingerprint density at radius 3 is 2.68 bits per heavy atom. The minimum atomic E-state index is -0.512. The van der Waals surface area contributed by atoms with Gasteiger partial charge in [0.2, 0.25) is 0 Å². The number of fused-ring (bicyclic) bond motifs is 1. The number of para-hydroxylation sites is 1. The van der Waals surface area contributed by atoms with E-state index in [9.17, 15) is 14.0 Å². The van der Waals surface area contributed by atoms with E-state index >= 15 is 0 Å². The topological polar surface area (TPSA) is 76.0 Å². The number of amides is 2. The summed E-state index contributed by atoms with van der Waals surface area (Å²) in [6.07, 6.45) is 2.53. The Labute approximate surface area is 145 Å². The standard InChI is InChI=1S/C18H21FN4O2/c1-11(2)20-18(25)16-22-15(14-9-5-6-10-23(14)16)17(24)21-13-8-4-3-7-12(13)19/h3-4,7-8,11H,5-6,9-10H2,1-2H3,(H,20,25)(H,21,24). The zero-order valence-electron chi connectivity index (χ0n) is 14.3. The summed E-state index contributed by atoms with van der Waals surface area (Å²) in [5.74, 6) is -1.08. The van der Waals surface area contributed by atoms with Gasteiger partial charge < -0.3 is 15.2 Å². The first-order chi connectivity index (χ1) is 12.0. The lowest BCUT2D eigenvalue weighted by atomic mass is 10.1. The largest absolute Gasteiger partial charge is 0.347 e. The van der Waals surface area contributed by atoms with Crippen LogP contribution in [-0.4, -0.2) is 27.4 Å². The predicted molar refractivity (Wildman–Crippen MR) is 92.1 cm³/mol. The molecule has 2 amide bonds. The minimum absolute atomic E-state index is 0.0280. The number of nitrogens with zero attached hydrogens (tertiary/aromatic N) is 2. The van der Waals surface area contributed by atoms with Crippen LogP contribution in [0.2, 0.25) is 0 Å². The van der Waals surface area contributed by atoms with Crippen molar-refractivity contribution in [2.24, 2.45) is 0 Å². The van der Waals surface area contributed by atoms with Crippen molar-refractivity contribution in [3.8, 4) is 0 Å². The first kappa shape index (κ1) is 17.1. The number of benzene rings is 1. The van der Waals surface area contributed by atoms with Crippen molar-refractivity contribution in [2.45, 2.75) is 45.7 Å². The molecule has 1 aliphatic heterocycles. The number of hydrogen-bond donors (Lipinski definition) is 2. The van der Waals surface area contributed by atoms with Crippen LogP contribution in [-0.2, 0) is 13.0 Å². The second kappa shape index (κ2) is 7.04. The third-order valence-electron chi connectivity index (χ3n) is 4.08. The molecule has 0 saturated carbocycles. The molecule has 2 aromatic rings. The van der Waals surface area contributed by atoms with Gasteiger partial charge in [0.25, 0.3) is 11.8 Å². The van der Waals surface area contributed by atoms with Crippen molar-refractivity contribution >= 4 is 17.5 Å². The Morgan fingerprint density at radius 1 is 1.20 bits per heavy atom. The van der Waals surface area contributed by atoms with E-state index < -0.39 is 11.7 Å². The third-order valence-corrected chi connectivity index (χ3v) is 4.08. The second-order valence-corrected chi connectivity index (χ2v) is 6.40. The molecule has 1 aliphatic rings. The molecule has 2 N–H and O–H groups in total. The lowest BCUT2D eigenvalue weighted by Crippen LogP contribution is -2.33. The molecular formula is C18H21FN4O2. The highest BCUT2D eigenvalue weighted by Gasteiger charge is 2.28. The Bertz CT molecular complexity index is 813. The summed E-state index contributed by atoms with van der Waals surface area (Å²) in [5, 5.41) is 5.35. The summed E-state index contributed by atoms with van der Waals surface area (Å²) >= 11 is 0. The van der Waals surface area contributed by atoms with Gasteiger partial charge in [0.15, 0.2) is 11.5 Å². The van der Waals surface area contributed by atoms with Gasteiger partial charge in [-0.15, -0.1) is 0 Å². The van der Waals surface area contributed by atoms with Crippen LogP contribution in [0.15, 0.2) is 24.3 Å². The number of aromatic nitrogens is 2. The smallest absolute Gasteiger partial charge is 0.287 e. The Balaban J connectivity index is 1.93. The van der Waals surface area contributed by atoms with E-state index in [1.807, 2.05) is 13.8 Å². The summed E-state index contributed by atoms with van der Waals surface area (Å²) in [6, 6.07) is 5.93. The van der Waals surface area contributed by atoms with Crippen LogP contribution in [0, 0.1) is 5.82 Å². The summed E-state index contributed by atoms with van der Waals surface area (Å²) < 4.78 is 15.6. The number of imidazole rings is 1. The van der Waals surface area contributed by atoms with Crippen LogP contribution in [0.25, 0.3) is 0 Å². The van der Waals surface area contributed by atoms with Crippen molar-refractivity contribution < 1.29 is 14.0 Å². The maximum atomic E-state index is 13.8. The monoisotopic (exact) mass is 344 g/mol. The fourth-order valence-corrected chi connectivity index (χ4v) is 2.97. The Morgan fingerprint density at radius 2 is 1.96 bits per heavy atom. The molecule has 2 heterocycles. The number of halogens is 1. The molecule has 0 saturated heterocycles. The number of carbonyl (C=O) groups is 2. The van der Waals surface area contributed by atoms with Crippen molar-refractivity contribution in [1.82, 2.24) is 14.9 Å². The highest BCUT2D eigenvalue weighted by Crippen LogP contribution is 2.23. The lowest BCUT2D eigenvalue weighted by molar-refractivity contribution is 0.0927. The van der Waals surface area contributed by atoms with Crippen LogP contribution >= 0.6 is 0 Å². The zero-order chi connectivity index (χ0) is 18.0. The van der Waals surface area contributed by atoms with E-state index in [0.29, 0.717) is 13.0 Å². The summed E-state index contributed by atoms with van der Waals surface area (Å²) in [6.45, 7) is 4.38. The molecular weight excluding hydrogens is 323 g/mol. The zero-order valence-corrected chi connectivity index (χ0v) is 14.3. The minimum Gasteiger partial charge on any atom is -0.347 e. The molecule has 0 bridgehead atoms. The van der Waals surface area contributed by atoms with Crippen LogP contribution in [0.5, 0.6) is 0 Å². The first-order valence-corrected chi connectivity index (χ1v) is 8.43. The molecule has 7 heteroatoms. The normalized spacial score (nSPS) is 13.4. The fraction of sp³-hybridized carbons (Fsp3) is 0.389. The Kier molecular flexibility index (Phi) is 4.83. The van der Waals surface area contributed by atoms with Gasteiger partial charge in [-0.05, 0) is 45.2 Å². The van der Waals surface area contributed by atoms with Gasteiger partial charge in [-0.1, -0.05) is 12.1 Å². The van der Waals surface area contributed by atoms with E-state index in [1.165, 1.54) is 12.1 Å². The van der Waals surface area contributed by atoms with Gasteiger partial charge in [-0.3, -0.25) is 9.59 Å². The van der Waals surface area contributed by atoms with E-state index in [0.717, 1.165) is 18.5 Å². The van der Waals surface area contributed by atoms with Gasteiger partial charge in [0, 0.05) is 12.6 Å². The van der Waals surface area contributed by atoms with Gasteiger partial charge in [-0.25, -0.2) is 9.37 Å². The maximum Gasteiger partial charge on any atom is 0.287 e. The van der Waals surface area contributed by atoms with E-state index in [-0.39, 0.29) is 29.2 Å². The van der Waals surface area contributed by atoms with E-state index in [2.05, 4.69) is 15.6 Å². The Hall–Kier alpha value is -2.70. The van der Waals surface area contributed by atoms with Gasteiger partial charge in [0.05, 0.1) is 11.4 Å². The molecule has 0 fully saturated rings. The van der Waals surface area contributed by atoms with Crippen LogP contribution < -0.4 is 10.6 Å². The number of rotatable bonds is 4. The van der Waals surface area contributed by atoms with Gasteiger partial charge in [0.1, 0.15) is 5.82 Å². The molecule has 1 aromatic carbocycles. The predicted octanol–water partition coefficient (Wildman–Crippen LogP) is 2.75. The molecule has 3 rings (SSSR count). The molecule has 25 heavy (non-hydrogen) atoms. The molecule has 0 unspecified atom stereocenters. The van der Waals surface area contributed by atoms with Crippen molar-refractivity contribution in [3.63, 3.8) is 0 Å². The highest BCUT2D eigenvalue weighted by molar-refractivity contribution is 6.05. The quantitative estimate of drug-likeness (QED) is 0.895. The number of nitrogens with one attached hydrogen (secondary N) is 2. The first-order valence-electron chi connectivity index (χ1n) is 8.43. The van der Waals surface area contributed by atoms with Crippen LogP contribution in [0.3, 0.4) is 0 Å². The maximum absolute atomic E-state index is 13.8. The molecule has 0 spiro atoms. The van der Waals surface area contributed by atoms with Gasteiger partial charge in [-0.2, -0.15) is 0 Å². The fourth-order valence-electron chi connectivity index (χ4n) is 2.97.